The Balaban J connectivity index is 1.45. The zero-order valence-corrected chi connectivity index (χ0v) is 16.3. The van der Waals surface area contributed by atoms with E-state index in [1.165, 1.54) is 0 Å². The second kappa shape index (κ2) is 8.39. The second-order valence-electron chi connectivity index (χ2n) is 7.09. The molecule has 28 heavy (non-hydrogen) atoms. The van der Waals surface area contributed by atoms with Crippen molar-refractivity contribution >= 4 is 0 Å². The lowest BCUT2D eigenvalue weighted by Crippen LogP contribution is -2.35. The third-order valence-corrected chi connectivity index (χ3v) is 5.10. The van der Waals surface area contributed by atoms with Crippen molar-refractivity contribution in [3.8, 4) is 17.4 Å². The van der Waals surface area contributed by atoms with E-state index in [4.69, 9.17) is 14.5 Å². The predicted molar refractivity (Wildman–Crippen MR) is 106 cm³/mol. The summed E-state index contributed by atoms with van der Waals surface area (Å²) in [7, 11) is 3.67. The number of aryl methyl sites for hydroxylation is 1. The summed E-state index contributed by atoms with van der Waals surface area (Å²) in [5, 5.41) is 0. The first kappa shape index (κ1) is 18.4. The number of aromatic nitrogens is 4. The first-order valence-electron chi connectivity index (χ1n) is 9.53. The number of benzene rings is 1. The van der Waals surface area contributed by atoms with Crippen molar-refractivity contribution in [3.05, 3.63) is 60.6 Å². The van der Waals surface area contributed by atoms with Crippen LogP contribution in [0.4, 0.5) is 0 Å². The van der Waals surface area contributed by atoms with Crippen LogP contribution >= 0.6 is 0 Å². The Bertz CT molecular complexity index is 926. The van der Waals surface area contributed by atoms with Gasteiger partial charge >= 0.3 is 0 Å². The summed E-state index contributed by atoms with van der Waals surface area (Å²) in [6.45, 7) is 2.88. The minimum Gasteiger partial charge on any atom is -0.497 e. The van der Waals surface area contributed by atoms with Gasteiger partial charge in [0, 0.05) is 44.2 Å². The van der Waals surface area contributed by atoms with Crippen molar-refractivity contribution in [1.82, 2.24) is 24.4 Å². The molecule has 1 aromatic carbocycles. The molecule has 0 spiro atoms. The number of hydrogen-bond acceptors (Lipinski definition) is 6. The Hall–Kier alpha value is -2.93. The van der Waals surface area contributed by atoms with Gasteiger partial charge in [-0.05, 0) is 31.5 Å². The Morgan fingerprint density at radius 1 is 1.21 bits per heavy atom. The van der Waals surface area contributed by atoms with Crippen molar-refractivity contribution in [1.29, 1.82) is 0 Å². The average Bonchev–Trinajstić information content (AvgIpc) is 3.13. The number of rotatable bonds is 6. The van der Waals surface area contributed by atoms with Crippen molar-refractivity contribution in [2.75, 3.05) is 20.2 Å². The first-order chi connectivity index (χ1) is 13.7. The lowest BCUT2D eigenvalue weighted by molar-refractivity contribution is 0.192. The van der Waals surface area contributed by atoms with Gasteiger partial charge in [-0.15, -0.1) is 0 Å². The van der Waals surface area contributed by atoms with Crippen LogP contribution in [0.1, 0.15) is 30.3 Å². The quantitative estimate of drug-likeness (QED) is 0.654. The van der Waals surface area contributed by atoms with Gasteiger partial charge in [0.15, 0.2) is 0 Å². The third-order valence-electron chi connectivity index (χ3n) is 5.10. The number of piperidine rings is 1. The van der Waals surface area contributed by atoms with Crippen LogP contribution in [-0.2, 0) is 13.6 Å². The summed E-state index contributed by atoms with van der Waals surface area (Å²) >= 11 is 0. The molecule has 3 heterocycles. The molecule has 0 saturated carbocycles. The summed E-state index contributed by atoms with van der Waals surface area (Å²) in [5.41, 5.74) is 0.977. The third kappa shape index (κ3) is 4.31. The normalized spacial score (nSPS) is 17.4. The van der Waals surface area contributed by atoms with Gasteiger partial charge in [-0.1, -0.05) is 6.07 Å². The molecule has 0 bridgehead atoms. The van der Waals surface area contributed by atoms with Gasteiger partial charge in [-0.3, -0.25) is 9.88 Å². The fraction of sp³-hybridized carbons (Fsp3) is 0.381. The van der Waals surface area contributed by atoms with Crippen molar-refractivity contribution in [3.63, 3.8) is 0 Å². The maximum atomic E-state index is 5.90. The molecule has 2 aromatic heterocycles. The fourth-order valence-electron chi connectivity index (χ4n) is 3.58. The van der Waals surface area contributed by atoms with Crippen LogP contribution in [0.15, 0.2) is 49.1 Å². The highest BCUT2D eigenvalue weighted by Gasteiger charge is 2.24. The summed E-state index contributed by atoms with van der Waals surface area (Å²) in [6, 6.07) is 7.49. The van der Waals surface area contributed by atoms with E-state index in [0.717, 1.165) is 49.7 Å². The van der Waals surface area contributed by atoms with Gasteiger partial charge in [-0.2, -0.15) is 0 Å². The molecule has 1 atom stereocenters. The number of methoxy groups -OCH3 is 1. The lowest BCUT2D eigenvalue weighted by Gasteiger charge is -2.32. The largest absolute Gasteiger partial charge is 0.497 e. The van der Waals surface area contributed by atoms with Gasteiger partial charge in [0.05, 0.1) is 25.5 Å². The van der Waals surface area contributed by atoms with Crippen LogP contribution < -0.4 is 9.47 Å². The smallest absolute Gasteiger partial charge is 0.238 e. The fourth-order valence-corrected chi connectivity index (χ4v) is 3.58. The van der Waals surface area contributed by atoms with E-state index in [0.29, 0.717) is 17.5 Å². The summed E-state index contributed by atoms with van der Waals surface area (Å²) in [6.07, 6.45) is 9.58. The Morgan fingerprint density at radius 2 is 2.11 bits per heavy atom. The van der Waals surface area contributed by atoms with Crippen molar-refractivity contribution < 1.29 is 9.47 Å². The molecule has 7 heteroatoms. The van der Waals surface area contributed by atoms with Crippen LogP contribution in [-0.4, -0.2) is 44.6 Å². The highest BCUT2D eigenvalue weighted by atomic mass is 16.5. The van der Waals surface area contributed by atoms with Gasteiger partial charge in [0.1, 0.15) is 17.3 Å². The maximum absolute atomic E-state index is 5.90. The van der Waals surface area contributed by atoms with E-state index in [1.54, 1.807) is 13.3 Å². The number of hydrogen-bond donors (Lipinski definition) is 0. The number of likely N-dealkylation sites (tertiary alicyclic amines) is 1. The molecule has 7 nitrogen and oxygen atoms in total. The van der Waals surface area contributed by atoms with Gasteiger partial charge < -0.3 is 14.0 Å². The molecule has 146 valence electrons. The zero-order chi connectivity index (χ0) is 19.3. The molecule has 1 saturated heterocycles. The highest BCUT2D eigenvalue weighted by Crippen LogP contribution is 2.29. The Kier molecular flexibility index (Phi) is 5.53. The van der Waals surface area contributed by atoms with Crippen LogP contribution in [0.5, 0.6) is 17.4 Å². The highest BCUT2D eigenvalue weighted by molar-refractivity contribution is 5.35. The predicted octanol–water partition coefficient (Wildman–Crippen LogP) is 3.39. The van der Waals surface area contributed by atoms with E-state index in [9.17, 15) is 0 Å². The van der Waals surface area contributed by atoms with E-state index < -0.39 is 0 Å². The van der Waals surface area contributed by atoms with Crippen LogP contribution in [0.25, 0.3) is 0 Å². The average molecular weight is 379 g/mol. The summed E-state index contributed by atoms with van der Waals surface area (Å²) in [4.78, 5) is 16.0. The van der Waals surface area contributed by atoms with Gasteiger partial charge in [-0.25, -0.2) is 9.97 Å². The monoisotopic (exact) mass is 379 g/mol. The molecule has 0 unspecified atom stereocenters. The lowest BCUT2D eigenvalue weighted by atomic mass is 9.95. The number of ether oxygens (including phenoxy) is 2. The standard InChI is InChI=1S/C21H25N5O2/c1-25-10-8-23-20(25)15-26-9-4-5-16(14-26)19-12-22-13-21(24-19)28-18-7-3-6-17(11-18)27-2/h3,6-8,10-13,16H,4-5,9,14-15H2,1-2H3/t16-/m1/s1. The second-order valence-corrected chi connectivity index (χ2v) is 7.09. The SMILES string of the molecule is COc1cccc(Oc2cncc([C@@H]3CCCN(Cc4nccn4C)C3)n2)c1. The van der Waals surface area contributed by atoms with Crippen LogP contribution in [0.3, 0.4) is 0 Å². The minimum absolute atomic E-state index is 0.343. The van der Waals surface area contributed by atoms with Crippen LogP contribution in [0.2, 0.25) is 0 Å². The molecule has 0 amide bonds. The first-order valence-corrected chi connectivity index (χ1v) is 9.53. The molecule has 3 aromatic rings. The Morgan fingerprint density at radius 3 is 2.93 bits per heavy atom. The summed E-state index contributed by atoms with van der Waals surface area (Å²) < 4.78 is 13.2. The van der Waals surface area contributed by atoms with Crippen molar-refractivity contribution in [2.24, 2.45) is 7.05 Å². The van der Waals surface area contributed by atoms with Gasteiger partial charge in [0.25, 0.3) is 0 Å². The van der Waals surface area contributed by atoms with E-state index in [2.05, 4.69) is 19.4 Å². The van der Waals surface area contributed by atoms with E-state index in [-0.39, 0.29) is 0 Å². The Labute approximate surface area is 165 Å². The van der Waals surface area contributed by atoms with E-state index in [1.807, 2.05) is 49.9 Å². The number of imidazole rings is 1. The molecule has 1 aliphatic rings. The van der Waals surface area contributed by atoms with Gasteiger partial charge in [0.2, 0.25) is 5.88 Å². The molecular weight excluding hydrogens is 354 g/mol. The molecule has 0 N–H and O–H groups in total. The van der Waals surface area contributed by atoms with Crippen LogP contribution in [0, 0.1) is 0 Å². The molecule has 0 aliphatic carbocycles. The number of nitrogens with zero attached hydrogens (tertiary/aromatic N) is 5. The molecule has 4 rings (SSSR count). The van der Waals surface area contributed by atoms with E-state index >= 15 is 0 Å². The molecular formula is C21H25N5O2. The summed E-state index contributed by atoms with van der Waals surface area (Å²) in [5.74, 6) is 3.37. The van der Waals surface area contributed by atoms with Crippen molar-refractivity contribution in [2.45, 2.75) is 25.3 Å². The maximum Gasteiger partial charge on any atom is 0.238 e. The zero-order valence-electron chi connectivity index (χ0n) is 16.3. The molecule has 0 radical (unpaired) electrons. The molecule has 1 fully saturated rings. The molecule has 1 aliphatic heterocycles. The minimum atomic E-state index is 0.343. The topological polar surface area (TPSA) is 65.3 Å².